The number of thioether (sulfide) groups is 1. The molecule has 4 heterocycles. The van der Waals surface area contributed by atoms with Crippen LogP contribution in [0.2, 0.25) is 0 Å². The van der Waals surface area contributed by atoms with Gasteiger partial charge in [0.05, 0.1) is 17.3 Å². The molecule has 1 unspecified atom stereocenters. The van der Waals surface area contributed by atoms with Crippen molar-refractivity contribution in [3.05, 3.63) is 111 Å². The summed E-state index contributed by atoms with van der Waals surface area (Å²) in [7, 11) is 0. The van der Waals surface area contributed by atoms with Crippen molar-refractivity contribution in [3.8, 4) is 0 Å². The number of nitrogens with zero attached hydrogens (tertiary/aromatic N) is 5. The first-order valence-corrected chi connectivity index (χ1v) is 15.0. The van der Waals surface area contributed by atoms with Crippen LogP contribution in [0.1, 0.15) is 34.1 Å². The van der Waals surface area contributed by atoms with Crippen LogP contribution >= 0.6 is 39.0 Å². The molecule has 0 saturated carbocycles. The number of imidazole rings is 1. The van der Waals surface area contributed by atoms with E-state index in [4.69, 9.17) is 0 Å². The van der Waals surface area contributed by atoms with Crippen LogP contribution in [0.25, 0.3) is 11.4 Å². The third-order valence-corrected chi connectivity index (χ3v) is 9.43. The lowest BCUT2D eigenvalue weighted by molar-refractivity contribution is -0.132. The Morgan fingerprint density at radius 3 is 2.66 bits per heavy atom. The molecule has 3 aromatic heterocycles. The van der Waals surface area contributed by atoms with Crippen LogP contribution in [-0.4, -0.2) is 36.4 Å². The summed E-state index contributed by atoms with van der Waals surface area (Å²) in [5.41, 5.74) is 3.40. The highest BCUT2D eigenvalue weighted by Crippen LogP contribution is 2.44. The number of amides is 1. The Labute approximate surface area is 250 Å². The minimum Gasteiger partial charge on any atom is -0.505 e. The molecule has 1 aliphatic rings. The van der Waals surface area contributed by atoms with E-state index in [1.165, 1.54) is 22.7 Å². The molecular formula is C29H21BrFN5O3S2. The van der Waals surface area contributed by atoms with Crippen molar-refractivity contribution in [2.75, 3.05) is 4.90 Å². The van der Waals surface area contributed by atoms with Gasteiger partial charge in [-0.1, -0.05) is 75.4 Å². The highest BCUT2D eigenvalue weighted by Gasteiger charge is 2.49. The normalized spacial score (nSPS) is 16.7. The molecule has 1 fully saturated rings. The van der Waals surface area contributed by atoms with E-state index in [1.807, 2.05) is 35.7 Å². The first-order valence-electron chi connectivity index (χ1n) is 12.5. The first-order chi connectivity index (χ1) is 19.7. The van der Waals surface area contributed by atoms with Crippen LogP contribution in [0, 0.1) is 19.7 Å². The summed E-state index contributed by atoms with van der Waals surface area (Å²) >= 11 is 5.87. The van der Waals surface area contributed by atoms with Gasteiger partial charge in [-0.15, -0.1) is 10.2 Å². The van der Waals surface area contributed by atoms with Gasteiger partial charge in [-0.2, -0.15) is 0 Å². The molecule has 0 aliphatic carbocycles. The Balaban J connectivity index is 1.44. The Bertz CT molecular complexity index is 1890. The molecule has 2 aromatic carbocycles. The molecule has 1 amide bonds. The maximum Gasteiger partial charge on any atom is 0.301 e. The molecule has 5 aromatic rings. The zero-order valence-electron chi connectivity index (χ0n) is 21.7. The second kappa shape index (κ2) is 10.8. The van der Waals surface area contributed by atoms with Crippen LogP contribution < -0.4 is 4.90 Å². The molecule has 41 heavy (non-hydrogen) atoms. The fraction of sp³-hybridized carbons (Fsp3) is 0.138. The quantitative estimate of drug-likeness (QED) is 0.0725. The average molecular weight is 651 g/mol. The number of fused-ring (bicyclic) bond motifs is 1. The van der Waals surface area contributed by atoms with E-state index in [-0.39, 0.29) is 28.0 Å². The van der Waals surface area contributed by atoms with E-state index in [0.717, 1.165) is 21.4 Å². The Kier molecular flexibility index (Phi) is 7.22. The van der Waals surface area contributed by atoms with Crippen LogP contribution in [0.5, 0.6) is 0 Å². The Morgan fingerprint density at radius 1 is 1.10 bits per heavy atom. The summed E-state index contributed by atoms with van der Waals surface area (Å²) in [5, 5.41) is 20.2. The lowest BCUT2D eigenvalue weighted by Gasteiger charge is -2.22. The number of aryl methyl sites for hydroxylation is 2. The van der Waals surface area contributed by atoms with E-state index >= 15 is 0 Å². The predicted molar refractivity (Wildman–Crippen MR) is 159 cm³/mol. The predicted octanol–water partition coefficient (Wildman–Crippen LogP) is 6.62. The fourth-order valence-corrected chi connectivity index (χ4v) is 7.08. The van der Waals surface area contributed by atoms with Crippen molar-refractivity contribution < 1.29 is 19.1 Å². The van der Waals surface area contributed by atoms with Crippen LogP contribution in [0.15, 0.2) is 81.2 Å². The molecule has 0 bridgehead atoms. The smallest absolute Gasteiger partial charge is 0.301 e. The third kappa shape index (κ3) is 4.85. The van der Waals surface area contributed by atoms with Crippen molar-refractivity contribution in [3.63, 3.8) is 0 Å². The summed E-state index contributed by atoms with van der Waals surface area (Å²) in [6.07, 6.45) is 1.83. The lowest BCUT2D eigenvalue weighted by Crippen LogP contribution is -2.29. The highest BCUT2D eigenvalue weighted by atomic mass is 79.9. The number of rotatable bonds is 6. The number of benzene rings is 2. The molecule has 0 radical (unpaired) electrons. The zero-order valence-corrected chi connectivity index (χ0v) is 24.9. The molecule has 1 aliphatic heterocycles. The monoisotopic (exact) mass is 649 g/mol. The summed E-state index contributed by atoms with van der Waals surface area (Å²) in [4.78, 5) is 33.0. The summed E-state index contributed by atoms with van der Waals surface area (Å²) < 4.78 is 17.2. The number of carbonyl (C=O) groups is 2. The van der Waals surface area contributed by atoms with Crippen LogP contribution in [0.4, 0.5) is 9.52 Å². The highest BCUT2D eigenvalue weighted by molar-refractivity contribution is 9.10. The molecule has 1 saturated heterocycles. The summed E-state index contributed by atoms with van der Waals surface area (Å²) in [5.74, 6) is -2.05. The molecule has 1 N–H and O–H groups in total. The van der Waals surface area contributed by atoms with Crippen molar-refractivity contribution in [1.82, 2.24) is 19.6 Å². The number of aliphatic hydroxyl groups excluding tert-OH is 1. The van der Waals surface area contributed by atoms with E-state index in [1.54, 1.807) is 43.3 Å². The minimum atomic E-state index is -0.977. The number of hydrogen-bond acceptors (Lipinski definition) is 8. The van der Waals surface area contributed by atoms with Gasteiger partial charge in [-0.25, -0.2) is 9.37 Å². The Morgan fingerprint density at radius 2 is 1.90 bits per heavy atom. The number of anilines is 1. The van der Waals surface area contributed by atoms with E-state index in [9.17, 15) is 19.1 Å². The molecule has 6 rings (SSSR count). The number of hydrogen-bond donors (Lipinski definition) is 1. The number of halogens is 2. The maximum atomic E-state index is 14.1. The molecule has 0 spiro atoms. The number of aromatic nitrogens is 4. The SMILES string of the molecule is Cc1cccn2c(C)c(C(O)=C3C(=O)C(=O)N(c4nnc(SCc5ccccc5F)s4)C3c3cccc(Br)c3)nc12. The van der Waals surface area contributed by atoms with E-state index in [0.29, 0.717) is 32.6 Å². The van der Waals surface area contributed by atoms with Crippen molar-refractivity contribution in [2.45, 2.75) is 30.0 Å². The summed E-state index contributed by atoms with van der Waals surface area (Å²) in [6, 6.07) is 16.4. The minimum absolute atomic E-state index is 0.0898. The van der Waals surface area contributed by atoms with Gasteiger partial charge in [-0.3, -0.25) is 14.5 Å². The number of pyridine rings is 1. The summed E-state index contributed by atoms with van der Waals surface area (Å²) in [6.45, 7) is 3.70. The average Bonchev–Trinajstić information content (AvgIpc) is 3.63. The second-order valence-electron chi connectivity index (χ2n) is 9.39. The van der Waals surface area contributed by atoms with Gasteiger partial charge in [0.1, 0.15) is 17.2 Å². The zero-order chi connectivity index (χ0) is 28.8. The largest absolute Gasteiger partial charge is 0.505 e. The van der Waals surface area contributed by atoms with Gasteiger partial charge in [0.2, 0.25) is 5.13 Å². The van der Waals surface area contributed by atoms with E-state index in [2.05, 4.69) is 31.1 Å². The second-order valence-corrected chi connectivity index (χ2v) is 12.5. The van der Waals surface area contributed by atoms with Crippen LogP contribution in [-0.2, 0) is 15.3 Å². The van der Waals surface area contributed by atoms with Gasteiger partial charge in [0.25, 0.3) is 5.78 Å². The number of Topliss-reactive ketones (excluding diaryl/α,β-unsaturated/α-hetero) is 1. The van der Waals surface area contributed by atoms with Gasteiger partial charge in [-0.05, 0) is 54.8 Å². The molecule has 12 heteroatoms. The van der Waals surface area contributed by atoms with Gasteiger partial charge in [0, 0.05) is 16.4 Å². The topological polar surface area (TPSA) is 101 Å². The van der Waals surface area contributed by atoms with Crippen LogP contribution in [0.3, 0.4) is 0 Å². The lowest BCUT2D eigenvalue weighted by atomic mass is 9.96. The molecule has 206 valence electrons. The van der Waals surface area contributed by atoms with Crippen molar-refractivity contribution in [2.24, 2.45) is 0 Å². The van der Waals surface area contributed by atoms with Gasteiger partial charge in [0.15, 0.2) is 10.1 Å². The molecular weight excluding hydrogens is 629 g/mol. The van der Waals surface area contributed by atoms with Gasteiger partial charge < -0.3 is 9.51 Å². The Hall–Kier alpha value is -3.87. The van der Waals surface area contributed by atoms with Gasteiger partial charge >= 0.3 is 5.91 Å². The maximum absolute atomic E-state index is 14.1. The number of aliphatic hydroxyl groups is 1. The fourth-order valence-electron chi connectivity index (χ4n) is 4.81. The number of ketones is 1. The first kappa shape index (κ1) is 27.3. The van der Waals surface area contributed by atoms with E-state index < -0.39 is 17.7 Å². The standard InChI is InChI=1S/C29H21BrFN5O3S2/c1-15-7-6-12-35-16(2)22(32-26(15)35)24(37)21-23(17-9-5-10-19(30)13-17)36(27(39)25(21)38)28-33-34-29(41-28)40-14-18-8-3-4-11-20(18)31/h3-13,23,37H,14H2,1-2H3. The molecule has 8 nitrogen and oxygen atoms in total. The third-order valence-electron chi connectivity index (χ3n) is 6.83. The number of carbonyl (C=O) groups excluding carboxylic acids is 2. The van der Waals surface area contributed by atoms with Crippen molar-refractivity contribution in [1.29, 1.82) is 0 Å². The van der Waals surface area contributed by atoms with Crippen molar-refractivity contribution >= 4 is 67.3 Å². The molecule has 1 atom stereocenters.